The number of hydrogen-bond acceptors (Lipinski definition) is 1. The van der Waals surface area contributed by atoms with Crippen molar-refractivity contribution in [3.8, 4) is 0 Å². The molecule has 3 heteroatoms. The van der Waals surface area contributed by atoms with Crippen LogP contribution >= 0.6 is 0 Å². The van der Waals surface area contributed by atoms with Crippen LogP contribution in [-0.2, 0) is 0 Å². The van der Waals surface area contributed by atoms with Crippen LogP contribution < -0.4 is 5.32 Å². The highest BCUT2D eigenvalue weighted by Gasteiger charge is 2.14. The zero-order chi connectivity index (χ0) is 12.1. The molecule has 17 heavy (non-hydrogen) atoms. The lowest BCUT2D eigenvalue weighted by Crippen LogP contribution is -2.15. The van der Waals surface area contributed by atoms with Gasteiger partial charge in [0, 0.05) is 6.54 Å². The number of anilines is 1. The third kappa shape index (κ3) is 3.42. The number of rotatable bonds is 3. The Morgan fingerprint density at radius 1 is 1.00 bits per heavy atom. The molecule has 1 fully saturated rings. The van der Waals surface area contributed by atoms with Gasteiger partial charge < -0.3 is 5.32 Å². The van der Waals surface area contributed by atoms with Crippen molar-refractivity contribution in [3.05, 3.63) is 29.8 Å². The van der Waals surface area contributed by atoms with E-state index in [0.29, 0.717) is 12.5 Å². The maximum absolute atomic E-state index is 13.4. The molecule has 1 aliphatic rings. The second-order valence-corrected chi connectivity index (χ2v) is 4.84. The van der Waals surface area contributed by atoms with Crippen molar-refractivity contribution in [1.29, 1.82) is 0 Å². The average molecular weight is 239 g/mol. The maximum Gasteiger partial charge on any atom is 0.149 e. The molecule has 1 N–H and O–H groups in total. The molecule has 1 saturated carbocycles. The lowest BCUT2D eigenvalue weighted by Gasteiger charge is -2.16. The third-order valence-electron chi connectivity index (χ3n) is 3.51. The predicted molar refractivity (Wildman–Crippen MR) is 66.0 cm³/mol. The summed E-state index contributed by atoms with van der Waals surface area (Å²) in [6, 6.07) is 3.97. The molecule has 0 aromatic heterocycles. The Morgan fingerprint density at radius 3 is 2.18 bits per heavy atom. The van der Waals surface area contributed by atoms with Gasteiger partial charge in [-0.1, -0.05) is 31.7 Å². The molecule has 94 valence electrons. The molecule has 0 amide bonds. The van der Waals surface area contributed by atoms with E-state index in [2.05, 4.69) is 5.32 Å². The summed E-state index contributed by atoms with van der Waals surface area (Å²) in [7, 11) is 0. The fourth-order valence-electron chi connectivity index (χ4n) is 2.48. The topological polar surface area (TPSA) is 12.0 Å². The fraction of sp³-hybridized carbons (Fsp3) is 0.571. The summed E-state index contributed by atoms with van der Waals surface area (Å²) in [5.41, 5.74) is 0.0248. The van der Waals surface area contributed by atoms with E-state index in [1.807, 2.05) is 0 Å². The first-order valence-corrected chi connectivity index (χ1v) is 6.45. The molecule has 1 nitrogen and oxygen atoms in total. The largest absolute Gasteiger partial charge is 0.380 e. The summed E-state index contributed by atoms with van der Waals surface area (Å²) in [6.07, 6.45) is 7.42. The van der Waals surface area contributed by atoms with E-state index in [9.17, 15) is 8.78 Å². The molecule has 0 heterocycles. The van der Waals surface area contributed by atoms with Gasteiger partial charge in [0.2, 0.25) is 0 Å². The highest BCUT2D eigenvalue weighted by Crippen LogP contribution is 2.24. The average Bonchev–Trinajstić information content (AvgIpc) is 2.57. The molecule has 1 aromatic rings. The first kappa shape index (κ1) is 12.3. The molecule has 0 aliphatic heterocycles. The van der Waals surface area contributed by atoms with Crippen LogP contribution in [0.25, 0.3) is 0 Å². The summed E-state index contributed by atoms with van der Waals surface area (Å²) in [5, 5.41) is 2.93. The quantitative estimate of drug-likeness (QED) is 0.773. The second kappa shape index (κ2) is 5.99. The van der Waals surface area contributed by atoms with Crippen LogP contribution in [0.2, 0.25) is 0 Å². The summed E-state index contributed by atoms with van der Waals surface area (Å²) in [5.74, 6) is -0.450. The minimum absolute atomic E-state index is 0.0248. The molecule has 1 aliphatic carbocycles. The number of hydrogen-bond donors (Lipinski definition) is 1. The van der Waals surface area contributed by atoms with E-state index in [-0.39, 0.29) is 5.69 Å². The first-order chi connectivity index (χ1) is 8.27. The van der Waals surface area contributed by atoms with Gasteiger partial charge in [-0.2, -0.15) is 0 Å². The number of benzene rings is 1. The van der Waals surface area contributed by atoms with Crippen LogP contribution in [0.5, 0.6) is 0 Å². The third-order valence-corrected chi connectivity index (χ3v) is 3.51. The second-order valence-electron chi connectivity index (χ2n) is 4.84. The van der Waals surface area contributed by atoms with Gasteiger partial charge in [0.15, 0.2) is 0 Å². The monoisotopic (exact) mass is 239 g/mol. The van der Waals surface area contributed by atoms with Gasteiger partial charge in [0.1, 0.15) is 17.3 Å². The van der Waals surface area contributed by atoms with Crippen molar-refractivity contribution < 1.29 is 8.78 Å². The van der Waals surface area contributed by atoms with Gasteiger partial charge in [-0.25, -0.2) is 8.78 Å². The van der Waals surface area contributed by atoms with E-state index in [4.69, 9.17) is 0 Å². The van der Waals surface area contributed by atoms with Crippen LogP contribution in [0.4, 0.5) is 14.5 Å². The highest BCUT2D eigenvalue weighted by atomic mass is 19.1. The Bertz CT molecular complexity index is 337. The van der Waals surface area contributed by atoms with Crippen molar-refractivity contribution in [2.24, 2.45) is 5.92 Å². The van der Waals surface area contributed by atoms with E-state index < -0.39 is 11.6 Å². The standard InChI is InChI=1S/C14H19F2N/c15-12-8-5-9-13(16)14(12)17-10-11-6-3-1-2-4-7-11/h5,8-9,11,17H,1-4,6-7,10H2. The zero-order valence-electron chi connectivity index (χ0n) is 10.0. The number of halogens is 2. The van der Waals surface area contributed by atoms with Gasteiger partial charge in [0.25, 0.3) is 0 Å². The van der Waals surface area contributed by atoms with Gasteiger partial charge >= 0.3 is 0 Å². The van der Waals surface area contributed by atoms with E-state index in [1.165, 1.54) is 56.7 Å². The lowest BCUT2D eigenvalue weighted by atomic mass is 10.0. The Kier molecular flexibility index (Phi) is 4.35. The zero-order valence-corrected chi connectivity index (χ0v) is 10.0. The molecule has 1 aromatic carbocycles. The fourth-order valence-corrected chi connectivity index (χ4v) is 2.48. The Balaban J connectivity index is 1.92. The molecule has 0 saturated heterocycles. The Hall–Kier alpha value is -1.12. The van der Waals surface area contributed by atoms with Gasteiger partial charge in [-0.3, -0.25) is 0 Å². The molecule has 0 spiro atoms. The Labute approximate surface area is 101 Å². The Morgan fingerprint density at radius 2 is 1.59 bits per heavy atom. The summed E-state index contributed by atoms with van der Waals surface area (Å²) in [4.78, 5) is 0. The van der Waals surface area contributed by atoms with Crippen molar-refractivity contribution in [2.45, 2.75) is 38.5 Å². The van der Waals surface area contributed by atoms with Crippen LogP contribution in [0, 0.1) is 17.6 Å². The highest BCUT2D eigenvalue weighted by molar-refractivity contribution is 5.45. The first-order valence-electron chi connectivity index (χ1n) is 6.45. The van der Waals surface area contributed by atoms with Crippen LogP contribution in [0.15, 0.2) is 18.2 Å². The van der Waals surface area contributed by atoms with Crippen molar-refractivity contribution in [1.82, 2.24) is 0 Å². The van der Waals surface area contributed by atoms with E-state index in [1.54, 1.807) is 0 Å². The summed E-state index contributed by atoms with van der Waals surface area (Å²) in [6.45, 7) is 0.678. The number of nitrogens with one attached hydrogen (secondary N) is 1. The predicted octanol–water partition coefficient (Wildman–Crippen LogP) is 4.35. The van der Waals surface area contributed by atoms with Crippen LogP contribution in [0.1, 0.15) is 38.5 Å². The van der Waals surface area contributed by atoms with Crippen molar-refractivity contribution in [2.75, 3.05) is 11.9 Å². The molecular formula is C14H19F2N. The molecule has 2 rings (SSSR count). The molecular weight excluding hydrogens is 220 g/mol. The van der Waals surface area contributed by atoms with Crippen LogP contribution in [0.3, 0.4) is 0 Å². The minimum atomic E-state index is -0.501. The molecule has 0 atom stereocenters. The van der Waals surface area contributed by atoms with E-state index >= 15 is 0 Å². The van der Waals surface area contributed by atoms with Gasteiger partial charge in [-0.15, -0.1) is 0 Å². The van der Waals surface area contributed by atoms with E-state index in [0.717, 1.165) is 0 Å². The van der Waals surface area contributed by atoms with Crippen LogP contribution in [-0.4, -0.2) is 6.54 Å². The SMILES string of the molecule is Fc1cccc(F)c1NCC1CCCCCC1. The smallest absolute Gasteiger partial charge is 0.149 e. The number of para-hydroxylation sites is 1. The van der Waals surface area contributed by atoms with Gasteiger partial charge in [0.05, 0.1) is 0 Å². The lowest BCUT2D eigenvalue weighted by molar-refractivity contribution is 0.480. The molecule has 0 radical (unpaired) electrons. The molecule has 0 bridgehead atoms. The maximum atomic E-state index is 13.4. The normalized spacial score (nSPS) is 17.8. The van der Waals surface area contributed by atoms with Crippen molar-refractivity contribution in [3.63, 3.8) is 0 Å². The van der Waals surface area contributed by atoms with Crippen molar-refractivity contribution >= 4 is 5.69 Å². The molecule has 0 unspecified atom stereocenters. The minimum Gasteiger partial charge on any atom is -0.380 e. The summed E-state index contributed by atoms with van der Waals surface area (Å²) < 4.78 is 26.8. The van der Waals surface area contributed by atoms with Gasteiger partial charge in [-0.05, 0) is 30.9 Å². The summed E-state index contributed by atoms with van der Waals surface area (Å²) >= 11 is 0.